The molecule has 1 fully saturated rings. The third kappa shape index (κ3) is 7.24. The van der Waals surface area contributed by atoms with Crippen LogP contribution in [0.25, 0.3) is 10.6 Å². The number of aliphatic hydroxyl groups is 1. The van der Waals surface area contributed by atoms with Gasteiger partial charge in [0.2, 0.25) is 10.0 Å². The van der Waals surface area contributed by atoms with Gasteiger partial charge in [-0.1, -0.05) is 18.2 Å². The minimum atomic E-state index is -3.60. The van der Waals surface area contributed by atoms with Gasteiger partial charge in [-0.05, 0) is 85.5 Å². The highest BCUT2D eigenvalue weighted by Crippen LogP contribution is 2.29. The highest BCUT2D eigenvalue weighted by Gasteiger charge is 2.22. The van der Waals surface area contributed by atoms with E-state index in [4.69, 9.17) is 4.74 Å². The van der Waals surface area contributed by atoms with Crippen LogP contribution in [0.15, 0.2) is 89.3 Å². The fourth-order valence-electron chi connectivity index (χ4n) is 4.25. The van der Waals surface area contributed by atoms with E-state index >= 15 is 0 Å². The molecule has 1 amide bonds. The van der Waals surface area contributed by atoms with Crippen LogP contribution in [0.1, 0.15) is 18.4 Å². The zero-order chi connectivity index (χ0) is 28.0. The molecule has 0 bridgehead atoms. The van der Waals surface area contributed by atoms with Crippen molar-refractivity contribution < 1.29 is 23.1 Å². The Hall–Kier alpha value is -3.77. The van der Waals surface area contributed by atoms with Crippen molar-refractivity contribution in [2.24, 2.45) is 0 Å². The van der Waals surface area contributed by atoms with Gasteiger partial charge in [0.05, 0.1) is 16.7 Å². The van der Waals surface area contributed by atoms with Crippen molar-refractivity contribution in [2.75, 3.05) is 25.0 Å². The van der Waals surface area contributed by atoms with Crippen molar-refractivity contribution in [3.05, 3.63) is 90.6 Å². The van der Waals surface area contributed by atoms with Gasteiger partial charge in [0, 0.05) is 37.2 Å². The molecule has 3 heterocycles. The van der Waals surface area contributed by atoms with Crippen LogP contribution in [0.5, 0.6) is 5.75 Å². The molecule has 1 saturated heterocycles. The molecule has 2 aromatic heterocycles. The van der Waals surface area contributed by atoms with Gasteiger partial charge in [-0.3, -0.25) is 4.98 Å². The molecule has 1 aliphatic rings. The lowest BCUT2D eigenvalue weighted by Crippen LogP contribution is -2.41. The largest absolute Gasteiger partial charge is 0.415 e. The maximum atomic E-state index is 12.7. The second-order valence-electron chi connectivity index (χ2n) is 9.41. The molecule has 4 aromatic rings. The molecule has 0 spiro atoms. The first kappa shape index (κ1) is 27.8. The van der Waals surface area contributed by atoms with E-state index in [0.717, 1.165) is 27.5 Å². The highest BCUT2D eigenvalue weighted by atomic mass is 32.2. The molecule has 1 aliphatic heterocycles. The van der Waals surface area contributed by atoms with E-state index in [2.05, 4.69) is 15.0 Å². The monoisotopic (exact) mass is 578 g/mol. The van der Waals surface area contributed by atoms with Crippen molar-refractivity contribution in [3.8, 4) is 16.3 Å². The average Bonchev–Trinajstić information content (AvgIpc) is 3.48. The molecular weight excluding hydrogens is 548 g/mol. The van der Waals surface area contributed by atoms with Crippen molar-refractivity contribution in [3.63, 3.8) is 0 Å². The molecule has 0 radical (unpaired) electrons. The van der Waals surface area contributed by atoms with Gasteiger partial charge in [0.1, 0.15) is 9.96 Å². The maximum Gasteiger partial charge on any atom is 0.415 e. The number of benzene rings is 2. The number of sulfonamides is 1. The Morgan fingerprint density at radius 3 is 2.35 bits per heavy atom. The number of carbonyl (C=O) groups is 1. The van der Waals surface area contributed by atoms with Crippen molar-refractivity contribution >= 4 is 38.8 Å². The number of piperidine rings is 1. The van der Waals surface area contributed by atoms with Gasteiger partial charge < -0.3 is 20.1 Å². The van der Waals surface area contributed by atoms with E-state index in [9.17, 15) is 18.3 Å². The summed E-state index contributed by atoms with van der Waals surface area (Å²) >= 11 is 1.20. The van der Waals surface area contributed by atoms with Crippen LogP contribution in [-0.2, 0) is 16.4 Å². The van der Waals surface area contributed by atoms with Crippen LogP contribution in [0, 0.1) is 0 Å². The fraction of sp³-hybridized carbons (Fsp3) is 0.241. The standard InChI is InChI=1S/C29H30N4O5S2/c34-24-15-19-33(20-16-24)29(35)38-25-10-8-23(9-11-25)32-22-6-4-21(5-7-22)14-18-31-40(36,37)28-13-12-27(39-28)26-3-1-2-17-30-26/h1-13,17,24,31-32,34H,14-16,18-20H2. The lowest BCUT2D eigenvalue weighted by atomic mass is 10.1. The number of nitrogens with one attached hydrogen (secondary N) is 2. The predicted molar refractivity (Wildman–Crippen MR) is 155 cm³/mol. The molecule has 3 N–H and O–H groups in total. The third-order valence-electron chi connectivity index (χ3n) is 6.49. The molecule has 0 aliphatic carbocycles. The number of nitrogens with zero attached hydrogens (tertiary/aromatic N) is 2. The second-order valence-corrected chi connectivity index (χ2v) is 12.5. The smallest absolute Gasteiger partial charge is 0.410 e. The number of amides is 1. The number of pyridine rings is 1. The molecule has 0 unspecified atom stereocenters. The quantitative estimate of drug-likeness (QED) is 0.255. The number of likely N-dealkylation sites (tertiary alicyclic amines) is 1. The summed E-state index contributed by atoms with van der Waals surface area (Å²) in [5, 5.41) is 12.9. The van der Waals surface area contributed by atoms with Crippen LogP contribution < -0.4 is 14.8 Å². The summed E-state index contributed by atoms with van der Waals surface area (Å²) in [7, 11) is -3.60. The summed E-state index contributed by atoms with van der Waals surface area (Å²) < 4.78 is 33.9. The SMILES string of the molecule is O=C(Oc1ccc(Nc2ccc(CCNS(=O)(=O)c3ccc(-c4ccccn4)s3)cc2)cc1)N1CCC(O)CC1. The fourth-order valence-corrected chi connectivity index (χ4v) is 6.61. The minimum Gasteiger partial charge on any atom is -0.410 e. The Morgan fingerprint density at radius 2 is 1.68 bits per heavy atom. The zero-order valence-electron chi connectivity index (χ0n) is 21.7. The number of aliphatic hydroxyl groups excluding tert-OH is 1. The number of hydrogen-bond donors (Lipinski definition) is 3. The number of rotatable bonds is 9. The number of carbonyl (C=O) groups excluding carboxylic acids is 1. The Bertz CT molecular complexity index is 1520. The number of hydrogen-bond acceptors (Lipinski definition) is 8. The van der Waals surface area contributed by atoms with Crippen LogP contribution in [0.3, 0.4) is 0 Å². The van der Waals surface area contributed by atoms with Crippen LogP contribution in [-0.4, -0.2) is 55.2 Å². The number of thiophene rings is 1. The van der Waals surface area contributed by atoms with Gasteiger partial charge in [0.25, 0.3) is 0 Å². The van der Waals surface area contributed by atoms with Crippen LogP contribution in [0.4, 0.5) is 16.2 Å². The molecule has 2 aromatic carbocycles. The van der Waals surface area contributed by atoms with E-state index in [1.54, 1.807) is 35.4 Å². The van der Waals surface area contributed by atoms with E-state index in [-0.39, 0.29) is 16.9 Å². The summed E-state index contributed by atoms with van der Waals surface area (Å²) in [5.74, 6) is 0.454. The Morgan fingerprint density at radius 1 is 0.975 bits per heavy atom. The molecule has 0 saturated carbocycles. The Labute approximate surface area is 237 Å². The number of ether oxygens (including phenoxy) is 1. The van der Waals surface area contributed by atoms with Gasteiger partial charge in [-0.15, -0.1) is 11.3 Å². The third-order valence-corrected chi connectivity index (χ3v) is 9.55. The molecule has 40 heavy (non-hydrogen) atoms. The van der Waals surface area contributed by atoms with E-state index < -0.39 is 16.1 Å². The summed E-state index contributed by atoms with van der Waals surface area (Å²) in [6, 6.07) is 23.8. The van der Waals surface area contributed by atoms with E-state index in [1.165, 1.54) is 11.3 Å². The van der Waals surface area contributed by atoms with Gasteiger partial charge in [-0.25, -0.2) is 17.9 Å². The normalized spacial score (nSPS) is 14.2. The van der Waals surface area contributed by atoms with Crippen LogP contribution >= 0.6 is 11.3 Å². The average molecular weight is 579 g/mol. The minimum absolute atomic E-state index is 0.264. The number of anilines is 2. The van der Waals surface area contributed by atoms with Crippen molar-refractivity contribution in [2.45, 2.75) is 29.6 Å². The van der Waals surface area contributed by atoms with Crippen molar-refractivity contribution in [1.29, 1.82) is 0 Å². The molecule has 208 valence electrons. The Kier molecular flexibility index (Phi) is 8.75. The molecule has 0 atom stereocenters. The lowest BCUT2D eigenvalue weighted by molar-refractivity contribution is 0.0798. The second kappa shape index (κ2) is 12.6. The number of aromatic nitrogens is 1. The van der Waals surface area contributed by atoms with E-state index in [0.29, 0.717) is 38.1 Å². The van der Waals surface area contributed by atoms with Crippen LogP contribution in [0.2, 0.25) is 0 Å². The lowest BCUT2D eigenvalue weighted by Gasteiger charge is -2.28. The first-order valence-electron chi connectivity index (χ1n) is 13.0. The first-order valence-corrected chi connectivity index (χ1v) is 15.3. The summed E-state index contributed by atoms with van der Waals surface area (Å²) in [6.07, 6.45) is 2.61. The molecular formula is C29H30N4O5S2. The maximum absolute atomic E-state index is 12.7. The first-order chi connectivity index (χ1) is 19.4. The Balaban J connectivity index is 1.08. The zero-order valence-corrected chi connectivity index (χ0v) is 23.3. The van der Waals surface area contributed by atoms with Crippen molar-refractivity contribution in [1.82, 2.24) is 14.6 Å². The van der Waals surface area contributed by atoms with Gasteiger partial charge >= 0.3 is 6.09 Å². The van der Waals surface area contributed by atoms with Gasteiger partial charge in [-0.2, -0.15) is 0 Å². The topological polar surface area (TPSA) is 121 Å². The van der Waals surface area contributed by atoms with E-state index in [1.807, 2.05) is 54.6 Å². The summed E-state index contributed by atoms with van der Waals surface area (Å²) in [5.41, 5.74) is 3.46. The highest BCUT2D eigenvalue weighted by molar-refractivity contribution is 7.91. The predicted octanol–water partition coefficient (Wildman–Crippen LogP) is 5.03. The summed E-state index contributed by atoms with van der Waals surface area (Å²) in [4.78, 5) is 19.0. The summed E-state index contributed by atoms with van der Waals surface area (Å²) in [6.45, 7) is 1.26. The van der Waals surface area contributed by atoms with Gasteiger partial charge in [0.15, 0.2) is 0 Å². The molecule has 11 heteroatoms. The molecule has 5 rings (SSSR count). The molecule has 9 nitrogen and oxygen atoms in total.